The highest BCUT2D eigenvalue weighted by atomic mass is 15.2. The van der Waals surface area contributed by atoms with Gasteiger partial charge in [0, 0.05) is 38.1 Å². The summed E-state index contributed by atoms with van der Waals surface area (Å²) in [6, 6.07) is 1.92. The third kappa shape index (κ3) is 2.87. The van der Waals surface area contributed by atoms with Crippen molar-refractivity contribution >= 4 is 0 Å². The van der Waals surface area contributed by atoms with Crippen LogP contribution in [0.25, 0.3) is 0 Å². The largest absolute Gasteiger partial charge is 0.307 e. The minimum Gasteiger partial charge on any atom is -0.307 e. The number of aryl methyl sites for hydroxylation is 2. The van der Waals surface area contributed by atoms with Gasteiger partial charge in [-0.3, -0.25) is 4.68 Å². The highest BCUT2D eigenvalue weighted by Crippen LogP contribution is 1.97. The molecule has 0 aliphatic rings. The molecular weight excluding hydrogens is 202 g/mol. The van der Waals surface area contributed by atoms with Gasteiger partial charge in [-0.1, -0.05) is 0 Å². The molecule has 2 heterocycles. The average molecular weight is 217 g/mol. The van der Waals surface area contributed by atoms with Crippen LogP contribution in [0, 0.1) is 6.92 Å². The van der Waals surface area contributed by atoms with E-state index >= 15 is 0 Å². The predicted molar refractivity (Wildman–Crippen MR) is 60.5 cm³/mol. The SMILES string of the molecule is Cc1nccc(CNCc2cnn(C)c2)n1. The van der Waals surface area contributed by atoms with Crippen LogP contribution in [0.1, 0.15) is 17.1 Å². The van der Waals surface area contributed by atoms with Crippen molar-refractivity contribution in [1.29, 1.82) is 0 Å². The number of aromatic nitrogens is 4. The van der Waals surface area contributed by atoms with Crippen LogP contribution in [0.2, 0.25) is 0 Å². The van der Waals surface area contributed by atoms with E-state index < -0.39 is 0 Å². The molecule has 0 saturated carbocycles. The van der Waals surface area contributed by atoms with E-state index in [1.165, 1.54) is 5.56 Å². The molecule has 5 heteroatoms. The number of hydrogen-bond acceptors (Lipinski definition) is 4. The molecule has 0 fully saturated rings. The zero-order valence-corrected chi connectivity index (χ0v) is 9.51. The molecule has 0 amide bonds. The van der Waals surface area contributed by atoms with Gasteiger partial charge < -0.3 is 5.32 Å². The summed E-state index contributed by atoms with van der Waals surface area (Å²) in [5, 5.41) is 7.42. The van der Waals surface area contributed by atoms with Crippen LogP contribution >= 0.6 is 0 Å². The summed E-state index contributed by atoms with van der Waals surface area (Å²) < 4.78 is 1.80. The molecule has 2 rings (SSSR count). The van der Waals surface area contributed by atoms with E-state index in [1.807, 2.05) is 32.4 Å². The molecule has 0 aliphatic carbocycles. The Balaban J connectivity index is 1.84. The molecule has 0 aromatic carbocycles. The third-order valence-electron chi connectivity index (χ3n) is 2.23. The van der Waals surface area contributed by atoms with Gasteiger partial charge in [-0.15, -0.1) is 0 Å². The van der Waals surface area contributed by atoms with E-state index in [1.54, 1.807) is 10.9 Å². The fourth-order valence-electron chi connectivity index (χ4n) is 1.50. The van der Waals surface area contributed by atoms with Crippen molar-refractivity contribution in [1.82, 2.24) is 25.1 Å². The Morgan fingerprint density at radius 3 is 2.94 bits per heavy atom. The molecule has 0 aliphatic heterocycles. The molecule has 16 heavy (non-hydrogen) atoms. The van der Waals surface area contributed by atoms with Crippen molar-refractivity contribution in [2.75, 3.05) is 0 Å². The van der Waals surface area contributed by atoms with E-state index in [4.69, 9.17) is 0 Å². The van der Waals surface area contributed by atoms with Gasteiger partial charge in [-0.2, -0.15) is 5.10 Å². The number of nitrogens with one attached hydrogen (secondary N) is 1. The maximum Gasteiger partial charge on any atom is 0.125 e. The molecule has 5 nitrogen and oxygen atoms in total. The molecule has 0 atom stereocenters. The van der Waals surface area contributed by atoms with Crippen LogP contribution < -0.4 is 5.32 Å². The minimum absolute atomic E-state index is 0.748. The topological polar surface area (TPSA) is 55.6 Å². The van der Waals surface area contributed by atoms with Gasteiger partial charge in [-0.25, -0.2) is 9.97 Å². The summed E-state index contributed by atoms with van der Waals surface area (Å²) in [5.41, 5.74) is 2.18. The van der Waals surface area contributed by atoms with Crippen LogP contribution in [0.15, 0.2) is 24.7 Å². The summed E-state index contributed by atoms with van der Waals surface area (Å²) in [6.07, 6.45) is 5.64. The highest BCUT2D eigenvalue weighted by molar-refractivity contribution is 5.05. The van der Waals surface area contributed by atoms with E-state index in [9.17, 15) is 0 Å². The van der Waals surface area contributed by atoms with E-state index in [0.29, 0.717) is 0 Å². The first-order valence-corrected chi connectivity index (χ1v) is 5.21. The van der Waals surface area contributed by atoms with Crippen LogP contribution in [0.3, 0.4) is 0 Å². The average Bonchev–Trinajstić information content (AvgIpc) is 2.64. The quantitative estimate of drug-likeness (QED) is 0.823. The fourth-order valence-corrected chi connectivity index (χ4v) is 1.50. The lowest BCUT2D eigenvalue weighted by Gasteiger charge is -2.02. The molecule has 2 aromatic heterocycles. The number of rotatable bonds is 4. The van der Waals surface area contributed by atoms with Crippen molar-refractivity contribution in [3.8, 4) is 0 Å². The second kappa shape index (κ2) is 4.85. The predicted octanol–water partition coefficient (Wildman–Crippen LogP) is 0.808. The number of nitrogens with zero attached hydrogens (tertiary/aromatic N) is 4. The molecule has 0 spiro atoms. The fraction of sp³-hybridized carbons (Fsp3) is 0.364. The van der Waals surface area contributed by atoms with Gasteiger partial charge in [0.05, 0.1) is 11.9 Å². The Morgan fingerprint density at radius 1 is 1.38 bits per heavy atom. The highest BCUT2D eigenvalue weighted by Gasteiger charge is 1.97. The molecule has 84 valence electrons. The number of hydrogen-bond donors (Lipinski definition) is 1. The van der Waals surface area contributed by atoms with Crippen molar-refractivity contribution in [3.63, 3.8) is 0 Å². The van der Waals surface area contributed by atoms with Gasteiger partial charge >= 0.3 is 0 Å². The maximum absolute atomic E-state index is 4.32. The molecule has 0 bridgehead atoms. The molecular formula is C11H15N5. The van der Waals surface area contributed by atoms with Crippen molar-refractivity contribution in [2.24, 2.45) is 7.05 Å². The lowest BCUT2D eigenvalue weighted by molar-refractivity contribution is 0.674. The Kier molecular flexibility index (Phi) is 3.26. The second-order valence-corrected chi connectivity index (χ2v) is 3.72. The summed E-state index contributed by atoms with van der Waals surface area (Å²) in [5.74, 6) is 0.806. The van der Waals surface area contributed by atoms with E-state index in [0.717, 1.165) is 24.6 Å². The summed E-state index contributed by atoms with van der Waals surface area (Å²) >= 11 is 0. The van der Waals surface area contributed by atoms with Crippen LogP contribution in [-0.4, -0.2) is 19.7 Å². The Bertz CT molecular complexity index is 463. The van der Waals surface area contributed by atoms with E-state index in [-0.39, 0.29) is 0 Å². The van der Waals surface area contributed by atoms with Crippen LogP contribution in [0.4, 0.5) is 0 Å². The lowest BCUT2D eigenvalue weighted by atomic mass is 10.3. The van der Waals surface area contributed by atoms with Gasteiger partial charge in [-0.05, 0) is 13.0 Å². The summed E-state index contributed by atoms with van der Waals surface area (Å²) in [7, 11) is 1.91. The molecule has 1 N–H and O–H groups in total. The van der Waals surface area contributed by atoms with Gasteiger partial charge in [0.2, 0.25) is 0 Å². The molecule has 0 unspecified atom stereocenters. The van der Waals surface area contributed by atoms with Crippen molar-refractivity contribution in [2.45, 2.75) is 20.0 Å². The third-order valence-corrected chi connectivity index (χ3v) is 2.23. The Labute approximate surface area is 94.5 Å². The van der Waals surface area contributed by atoms with Crippen molar-refractivity contribution < 1.29 is 0 Å². The minimum atomic E-state index is 0.748. The maximum atomic E-state index is 4.32. The van der Waals surface area contributed by atoms with Crippen molar-refractivity contribution in [3.05, 3.63) is 41.7 Å². The second-order valence-electron chi connectivity index (χ2n) is 3.72. The summed E-state index contributed by atoms with van der Waals surface area (Å²) in [6.45, 7) is 3.44. The first-order valence-electron chi connectivity index (χ1n) is 5.21. The zero-order chi connectivity index (χ0) is 11.4. The first-order chi connectivity index (χ1) is 7.74. The van der Waals surface area contributed by atoms with Gasteiger partial charge in [0.25, 0.3) is 0 Å². The molecule has 2 aromatic rings. The Hall–Kier alpha value is -1.75. The first kappa shape index (κ1) is 10.8. The van der Waals surface area contributed by atoms with Crippen LogP contribution in [0.5, 0.6) is 0 Å². The summed E-state index contributed by atoms with van der Waals surface area (Å²) in [4.78, 5) is 8.37. The smallest absolute Gasteiger partial charge is 0.125 e. The zero-order valence-electron chi connectivity index (χ0n) is 9.51. The van der Waals surface area contributed by atoms with Gasteiger partial charge in [0.15, 0.2) is 0 Å². The van der Waals surface area contributed by atoms with Crippen LogP contribution in [-0.2, 0) is 20.1 Å². The van der Waals surface area contributed by atoms with Gasteiger partial charge in [0.1, 0.15) is 5.82 Å². The molecule has 0 saturated heterocycles. The van der Waals surface area contributed by atoms with E-state index in [2.05, 4.69) is 20.4 Å². The Morgan fingerprint density at radius 2 is 2.25 bits per heavy atom. The normalized spacial score (nSPS) is 10.6. The standard InChI is InChI=1S/C11H15N5/c1-9-13-4-3-11(15-9)7-12-5-10-6-14-16(2)8-10/h3-4,6,8,12H,5,7H2,1-2H3. The lowest BCUT2D eigenvalue weighted by Crippen LogP contribution is -2.13. The monoisotopic (exact) mass is 217 g/mol. The molecule has 0 radical (unpaired) electrons.